The molecule has 0 aromatic rings. The first kappa shape index (κ1) is 15.7. The van der Waals surface area contributed by atoms with E-state index >= 15 is 0 Å². The van der Waals surface area contributed by atoms with Crippen LogP contribution in [0.3, 0.4) is 0 Å². The maximum atomic E-state index is 12.4. The summed E-state index contributed by atoms with van der Waals surface area (Å²) in [6.07, 6.45) is 1.14. The third-order valence-electron chi connectivity index (χ3n) is 4.37. The van der Waals surface area contributed by atoms with Gasteiger partial charge in [-0.2, -0.15) is 0 Å². The summed E-state index contributed by atoms with van der Waals surface area (Å²) in [5.41, 5.74) is 0.214. The average Bonchev–Trinajstić information content (AvgIpc) is 2.66. The fourth-order valence-electron chi connectivity index (χ4n) is 2.98. The van der Waals surface area contributed by atoms with E-state index in [9.17, 15) is 4.79 Å². The third kappa shape index (κ3) is 4.43. The molecule has 1 amide bonds. The number of amides is 1. The quantitative estimate of drug-likeness (QED) is 0.787. The van der Waals surface area contributed by atoms with E-state index < -0.39 is 0 Å². The van der Waals surface area contributed by atoms with Gasteiger partial charge in [-0.3, -0.25) is 14.6 Å². The van der Waals surface area contributed by atoms with Gasteiger partial charge in [0.05, 0.1) is 6.54 Å². The molecule has 0 spiro atoms. The molecule has 0 radical (unpaired) electrons. The Morgan fingerprint density at radius 3 is 2.35 bits per heavy atom. The smallest absolute Gasteiger partial charge is 0.236 e. The number of nitrogens with zero attached hydrogens (tertiary/aromatic N) is 3. The maximum absolute atomic E-state index is 12.4. The lowest BCUT2D eigenvalue weighted by Gasteiger charge is -2.42. The molecule has 2 aliphatic heterocycles. The van der Waals surface area contributed by atoms with E-state index in [4.69, 9.17) is 0 Å². The summed E-state index contributed by atoms with van der Waals surface area (Å²) in [5, 5.41) is 3.38. The van der Waals surface area contributed by atoms with Gasteiger partial charge in [-0.1, -0.05) is 0 Å². The number of nitrogens with one attached hydrogen (secondary N) is 1. The van der Waals surface area contributed by atoms with Crippen molar-refractivity contribution in [2.24, 2.45) is 0 Å². The van der Waals surface area contributed by atoms with E-state index in [1.807, 2.05) is 4.90 Å². The Kier molecular flexibility index (Phi) is 5.41. The molecule has 2 heterocycles. The van der Waals surface area contributed by atoms with Gasteiger partial charge in [-0.15, -0.1) is 0 Å². The predicted octanol–water partition coefficient (Wildman–Crippen LogP) is 0.224. The van der Waals surface area contributed by atoms with Crippen molar-refractivity contribution in [3.63, 3.8) is 0 Å². The predicted molar refractivity (Wildman–Crippen MR) is 81.8 cm³/mol. The zero-order valence-electron chi connectivity index (χ0n) is 13.3. The largest absolute Gasteiger partial charge is 0.339 e. The molecule has 0 bridgehead atoms. The summed E-state index contributed by atoms with van der Waals surface area (Å²) < 4.78 is 0. The number of carbonyl (C=O) groups is 1. The van der Waals surface area contributed by atoms with Crippen LogP contribution < -0.4 is 5.32 Å². The normalized spacial score (nSPS) is 23.6. The number of rotatable bonds is 2. The number of hydrogen-bond acceptors (Lipinski definition) is 4. The Bertz CT molecular complexity index is 310. The SMILES string of the molecule is CC(C)(C)N1CCN(C(=O)CN2CCCNCC2)CC1. The van der Waals surface area contributed by atoms with E-state index in [0.717, 1.165) is 58.8 Å². The second-order valence-corrected chi connectivity index (χ2v) is 6.92. The Morgan fingerprint density at radius 2 is 1.70 bits per heavy atom. The van der Waals surface area contributed by atoms with Crippen LogP contribution in [0.1, 0.15) is 27.2 Å². The van der Waals surface area contributed by atoms with Crippen molar-refractivity contribution in [2.75, 3.05) is 58.9 Å². The van der Waals surface area contributed by atoms with Crippen LogP contribution in [0, 0.1) is 0 Å². The summed E-state index contributed by atoms with van der Waals surface area (Å²) in [6, 6.07) is 0. The van der Waals surface area contributed by atoms with Gasteiger partial charge < -0.3 is 10.2 Å². The molecule has 0 aromatic heterocycles. The van der Waals surface area contributed by atoms with Crippen molar-refractivity contribution in [1.29, 1.82) is 0 Å². The van der Waals surface area contributed by atoms with Crippen LogP contribution in [0.5, 0.6) is 0 Å². The molecule has 20 heavy (non-hydrogen) atoms. The molecule has 0 saturated carbocycles. The number of carbonyl (C=O) groups excluding carboxylic acids is 1. The van der Waals surface area contributed by atoms with Crippen molar-refractivity contribution in [2.45, 2.75) is 32.7 Å². The van der Waals surface area contributed by atoms with Gasteiger partial charge in [0.1, 0.15) is 0 Å². The molecule has 0 aromatic carbocycles. The van der Waals surface area contributed by atoms with E-state index in [1.165, 1.54) is 0 Å². The summed E-state index contributed by atoms with van der Waals surface area (Å²) >= 11 is 0. The van der Waals surface area contributed by atoms with Crippen molar-refractivity contribution in [3.8, 4) is 0 Å². The first-order valence-corrected chi connectivity index (χ1v) is 7.93. The lowest BCUT2D eigenvalue weighted by atomic mass is 10.0. The van der Waals surface area contributed by atoms with Gasteiger partial charge >= 0.3 is 0 Å². The Morgan fingerprint density at radius 1 is 1.00 bits per heavy atom. The maximum Gasteiger partial charge on any atom is 0.236 e. The molecular weight excluding hydrogens is 252 g/mol. The standard InChI is InChI=1S/C15H30N4O/c1-15(2,3)19-11-9-18(10-12-19)14(20)13-17-7-4-5-16-6-8-17/h16H,4-13H2,1-3H3. The van der Waals surface area contributed by atoms with E-state index in [-0.39, 0.29) is 5.54 Å². The molecule has 0 aliphatic carbocycles. The fraction of sp³-hybridized carbons (Fsp3) is 0.933. The molecule has 2 saturated heterocycles. The highest BCUT2D eigenvalue weighted by Gasteiger charge is 2.28. The van der Waals surface area contributed by atoms with Crippen molar-refractivity contribution in [3.05, 3.63) is 0 Å². The fourth-order valence-corrected chi connectivity index (χ4v) is 2.98. The minimum absolute atomic E-state index is 0.214. The van der Waals surface area contributed by atoms with Gasteiger partial charge in [0, 0.05) is 44.8 Å². The van der Waals surface area contributed by atoms with Crippen molar-refractivity contribution < 1.29 is 4.79 Å². The first-order valence-electron chi connectivity index (χ1n) is 7.93. The van der Waals surface area contributed by atoms with E-state index in [2.05, 4.69) is 35.9 Å². The molecule has 2 rings (SSSR count). The van der Waals surface area contributed by atoms with Gasteiger partial charge in [0.25, 0.3) is 0 Å². The number of hydrogen-bond donors (Lipinski definition) is 1. The molecule has 5 nitrogen and oxygen atoms in total. The lowest BCUT2D eigenvalue weighted by molar-refractivity contribution is -0.134. The summed E-state index contributed by atoms with van der Waals surface area (Å²) in [6.45, 7) is 15.2. The lowest BCUT2D eigenvalue weighted by Crippen LogP contribution is -2.56. The topological polar surface area (TPSA) is 38.8 Å². The molecular formula is C15H30N4O. The van der Waals surface area contributed by atoms with Crippen LogP contribution in [0.25, 0.3) is 0 Å². The average molecular weight is 282 g/mol. The molecule has 1 N–H and O–H groups in total. The zero-order valence-corrected chi connectivity index (χ0v) is 13.3. The van der Waals surface area contributed by atoms with Crippen molar-refractivity contribution >= 4 is 5.91 Å². The van der Waals surface area contributed by atoms with Gasteiger partial charge in [0.15, 0.2) is 0 Å². The molecule has 0 atom stereocenters. The van der Waals surface area contributed by atoms with Crippen LogP contribution in [-0.2, 0) is 4.79 Å². The van der Waals surface area contributed by atoms with Gasteiger partial charge in [-0.25, -0.2) is 0 Å². The van der Waals surface area contributed by atoms with E-state index in [0.29, 0.717) is 12.5 Å². The van der Waals surface area contributed by atoms with Crippen molar-refractivity contribution in [1.82, 2.24) is 20.0 Å². The van der Waals surface area contributed by atoms with Crippen LogP contribution in [0.4, 0.5) is 0 Å². The summed E-state index contributed by atoms with van der Waals surface area (Å²) in [5.74, 6) is 0.306. The molecule has 116 valence electrons. The molecule has 2 aliphatic rings. The summed E-state index contributed by atoms with van der Waals surface area (Å²) in [7, 11) is 0. The van der Waals surface area contributed by atoms with Crippen LogP contribution in [-0.4, -0.2) is 85.0 Å². The monoisotopic (exact) mass is 282 g/mol. The molecule has 0 unspecified atom stereocenters. The minimum atomic E-state index is 0.214. The highest BCUT2D eigenvalue weighted by Crippen LogP contribution is 2.15. The highest BCUT2D eigenvalue weighted by molar-refractivity contribution is 5.78. The second-order valence-electron chi connectivity index (χ2n) is 6.92. The van der Waals surface area contributed by atoms with Gasteiger partial charge in [-0.05, 0) is 40.3 Å². The second kappa shape index (κ2) is 6.87. The first-order chi connectivity index (χ1) is 9.47. The summed E-state index contributed by atoms with van der Waals surface area (Å²) in [4.78, 5) is 19.2. The third-order valence-corrected chi connectivity index (χ3v) is 4.37. The van der Waals surface area contributed by atoms with E-state index in [1.54, 1.807) is 0 Å². The highest BCUT2D eigenvalue weighted by atomic mass is 16.2. The molecule has 5 heteroatoms. The van der Waals surface area contributed by atoms with Crippen LogP contribution in [0.2, 0.25) is 0 Å². The minimum Gasteiger partial charge on any atom is -0.339 e. The molecule has 2 fully saturated rings. The Labute approximate surface area is 123 Å². The zero-order chi connectivity index (χ0) is 14.6. The van der Waals surface area contributed by atoms with Crippen LogP contribution in [0.15, 0.2) is 0 Å². The van der Waals surface area contributed by atoms with Crippen LogP contribution >= 0.6 is 0 Å². The Balaban J connectivity index is 1.76. The Hall–Kier alpha value is -0.650. The van der Waals surface area contributed by atoms with Gasteiger partial charge in [0.2, 0.25) is 5.91 Å². The number of piperazine rings is 1.